The summed E-state index contributed by atoms with van der Waals surface area (Å²) in [6.07, 6.45) is 6.94. The van der Waals surface area contributed by atoms with E-state index >= 15 is 0 Å². The van der Waals surface area contributed by atoms with Crippen LogP contribution in [0.25, 0.3) is 22.8 Å². The van der Waals surface area contributed by atoms with Crippen molar-refractivity contribution in [3.63, 3.8) is 0 Å². The molecule has 0 atom stereocenters. The number of aromatic nitrogens is 7. The Bertz CT molecular complexity index is 1030. The maximum absolute atomic E-state index is 4.69. The van der Waals surface area contributed by atoms with Crippen LogP contribution in [0.2, 0.25) is 0 Å². The summed E-state index contributed by atoms with van der Waals surface area (Å²) in [5, 5.41) is 8.69. The summed E-state index contributed by atoms with van der Waals surface area (Å²) >= 11 is 1.41. The number of aryl methyl sites for hydroxylation is 1. The van der Waals surface area contributed by atoms with E-state index in [-0.39, 0.29) is 0 Å². The van der Waals surface area contributed by atoms with Crippen molar-refractivity contribution in [1.82, 2.24) is 35.1 Å². The van der Waals surface area contributed by atoms with E-state index in [1.54, 1.807) is 24.8 Å². The van der Waals surface area contributed by atoms with Crippen LogP contribution in [-0.2, 0) is 0 Å². The number of hydrogen-bond donors (Lipinski definition) is 1. The van der Waals surface area contributed by atoms with Gasteiger partial charge in [-0.2, -0.15) is 0 Å². The summed E-state index contributed by atoms with van der Waals surface area (Å²) in [5.41, 5.74) is 3.75. The van der Waals surface area contributed by atoms with E-state index in [4.69, 9.17) is 0 Å². The molecular weight excluding hydrogens is 346 g/mol. The molecule has 0 saturated heterocycles. The average Bonchev–Trinajstić information content (AvgIpc) is 3.15. The molecule has 26 heavy (non-hydrogen) atoms. The monoisotopic (exact) mass is 361 g/mol. The minimum atomic E-state index is 0.607. The molecule has 4 aromatic heterocycles. The van der Waals surface area contributed by atoms with Gasteiger partial charge in [-0.05, 0) is 49.9 Å². The molecule has 0 saturated carbocycles. The molecule has 4 aromatic rings. The average molecular weight is 361 g/mol. The SMILES string of the molecule is Cc1nc(-c2cccnc2)nc(Sc2n[nH]c(-c3ccncc3)n2)c1C. The molecule has 0 bridgehead atoms. The number of nitrogens with zero attached hydrogens (tertiary/aromatic N) is 6. The molecule has 0 amide bonds. The first-order chi connectivity index (χ1) is 12.7. The topological polar surface area (TPSA) is 93.1 Å². The van der Waals surface area contributed by atoms with Crippen LogP contribution in [0.15, 0.2) is 59.2 Å². The van der Waals surface area contributed by atoms with Crippen molar-refractivity contribution in [3.05, 3.63) is 60.3 Å². The van der Waals surface area contributed by atoms with Crippen LogP contribution in [-0.4, -0.2) is 35.1 Å². The van der Waals surface area contributed by atoms with E-state index in [0.717, 1.165) is 27.4 Å². The second kappa shape index (κ2) is 7.01. The lowest BCUT2D eigenvalue weighted by Gasteiger charge is -2.08. The molecule has 0 radical (unpaired) electrons. The van der Waals surface area contributed by atoms with Gasteiger partial charge in [-0.15, -0.1) is 5.10 Å². The molecule has 7 nitrogen and oxygen atoms in total. The Morgan fingerprint density at radius 1 is 0.885 bits per heavy atom. The highest BCUT2D eigenvalue weighted by Gasteiger charge is 2.14. The second-order valence-corrected chi connectivity index (χ2v) is 6.56. The van der Waals surface area contributed by atoms with Gasteiger partial charge in [0, 0.05) is 47.2 Å². The minimum absolute atomic E-state index is 0.607. The van der Waals surface area contributed by atoms with Crippen LogP contribution in [0.5, 0.6) is 0 Å². The van der Waals surface area contributed by atoms with Crippen molar-refractivity contribution in [2.45, 2.75) is 24.0 Å². The van der Waals surface area contributed by atoms with Gasteiger partial charge in [0.25, 0.3) is 0 Å². The van der Waals surface area contributed by atoms with Crippen LogP contribution in [0, 0.1) is 13.8 Å². The molecule has 1 N–H and O–H groups in total. The van der Waals surface area contributed by atoms with E-state index in [9.17, 15) is 0 Å². The normalized spacial score (nSPS) is 10.8. The van der Waals surface area contributed by atoms with Gasteiger partial charge in [0.2, 0.25) is 5.16 Å². The standard InChI is InChI=1S/C18H15N7S/c1-11-12(2)21-15(14-4-3-7-20-10-14)22-17(11)26-18-23-16(24-25-18)13-5-8-19-9-6-13/h3-10H,1-2H3,(H,23,24,25). The van der Waals surface area contributed by atoms with E-state index in [1.807, 2.05) is 38.1 Å². The molecule has 0 fully saturated rings. The van der Waals surface area contributed by atoms with Crippen molar-refractivity contribution in [2.75, 3.05) is 0 Å². The minimum Gasteiger partial charge on any atom is -0.265 e. The van der Waals surface area contributed by atoms with Crippen molar-refractivity contribution in [3.8, 4) is 22.8 Å². The highest BCUT2D eigenvalue weighted by molar-refractivity contribution is 7.99. The molecule has 128 valence electrons. The molecule has 0 unspecified atom stereocenters. The van der Waals surface area contributed by atoms with Crippen LogP contribution >= 0.6 is 11.8 Å². The lowest BCUT2D eigenvalue weighted by atomic mass is 10.2. The van der Waals surface area contributed by atoms with E-state index in [2.05, 4.69) is 35.1 Å². The maximum atomic E-state index is 4.69. The van der Waals surface area contributed by atoms with Gasteiger partial charge < -0.3 is 0 Å². The molecule has 0 aliphatic carbocycles. The molecule has 4 rings (SSSR count). The maximum Gasteiger partial charge on any atom is 0.215 e. The summed E-state index contributed by atoms with van der Waals surface area (Å²) in [6, 6.07) is 7.59. The van der Waals surface area contributed by atoms with Crippen molar-refractivity contribution >= 4 is 11.8 Å². The molecule has 0 aliphatic heterocycles. The Labute approximate surface area is 154 Å². The Kier molecular flexibility index (Phi) is 4.40. The summed E-state index contributed by atoms with van der Waals surface area (Å²) in [7, 11) is 0. The fourth-order valence-electron chi connectivity index (χ4n) is 2.34. The van der Waals surface area contributed by atoms with Crippen molar-refractivity contribution in [2.24, 2.45) is 0 Å². The quantitative estimate of drug-likeness (QED) is 0.556. The van der Waals surface area contributed by atoms with Crippen molar-refractivity contribution in [1.29, 1.82) is 0 Å². The first-order valence-corrected chi connectivity index (χ1v) is 8.78. The Hall–Kier alpha value is -3.13. The Balaban J connectivity index is 1.66. The van der Waals surface area contributed by atoms with Crippen LogP contribution < -0.4 is 0 Å². The van der Waals surface area contributed by atoms with Crippen molar-refractivity contribution < 1.29 is 0 Å². The number of rotatable bonds is 4. The number of hydrogen-bond acceptors (Lipinski definition) is 7. The summed E-state index contributed by atoms with van der Waals surface area (Å²) in [4.78, 5) is 22.0. The predicted octanol–water partition coefficient (Wildman–Crippen LogP) is 3.49. The zero-order chi connectivity index (χ0) is 17.9. The highest BCUT2D eigenvalue weighted by Crippen LogP contribution is 2.30. The van der Waals surface area contributed by atoms with Crippen LogP contribution in [0.3, 0.4) is 0 Å². The summed E-state index contributed by atoms with van der Waals surface area (Å²) < 4.78 is 0. The Morgan fingerprint density at radius 2 is 1.73 bits per heavy atom. The van der Waals surface area contributed by atoms with Gasteiger partial charge in [0.15, 0.2) is 11.6 Å². The van der Waals surface area contributed by atoms with E-state index in [0.29, 0.717) is 16.8 Å². The smallest absolute Gasteiger partial charge is 0.215 e. The van der Waals surface area contributed by atoms with Gasteiger partial charge in [0.1, 0.15) is 5.03 Å². The summed E-state index contributed by atoms with van der Waals surface area (Å²) in [5.74, 6) is 1.35. The third kappa shape index (κ3) is 3.31. The third-order valence-electron chi connectivity index (χ3n) is 3.87. The Morgan fingerprint density at radius 3 is 2.50 bits per heavy atom. The van der Waals surface area contributed by atoms with Gasteiger partial charge >= 0.3 is 0 Å². The zero-order valence-corrected chi connectivity index (χ0v) is 15.0. The first-order valence-electron chi connectivity index (χ1n) is 7.97. The summed E-state index contributed by atoms with van der Waals surface area (Å²) in [6.45, 7) is 3.97. The lowest BCUT2D eigenvalue weighted by Crippen LogP contribution is -1.99. The molecule has 0 aromatic carbocycles. The van der Waals surface area contributed by atoms with Gasteiger partial charge in [-0.1, -0.05) is 0 Å². The van der Waals surface area contributed by atoms with Gasteiger partial charge in [0.05, 0.1) is 0 Å². The van der Waals surface area contributed by atoms with E-state index in [1.165, 1.54) is 11.8 Å². The molecular formula is C18H15N7S. The van der Waals surface area contributed by atoms with Crippen LogP contribution in [0.4, 0.5) is 0 Å². The number of aromatic amines is 1. The molecule has 4 heterocycles. The van der Waals surface area contributed by atoms with Gasteiger partial charge in [-0.3, -0.25) is 15.1 Å². The largest absolute Gasteiger partial charge is 0.265 e. The first kappa shape index (κ1) is 16.3. The second-order valence-electron chi connectivity index (χ2n) is 5.61. The van der Waals surface area contributed by atoms with E-state index < -0.39 is 0 Å². The zero-order valence-electron chi connectivity index (χ0n) is 14.2. The third-order valence-corrected chi connectivity index (χ3v) is 4.83. The molecule has 8 heteroatoms. The number of H-pyrrole nitrogens is 1. The fraction of sp³-hybridized carbons (Fsp3) is 0.111. The lowest BCUT2D eigenvalue weighted by molar-refractivity contribution is 0.942. The highest BCUT2D eigenvalue weighted by atomic mass is 32.2. The fourth-order valence-corrected chi connectivity index (χ4v) is 3.18. The van der Waals surface area contributed by atoms with Gasteiger partial charge in [-0.25, -0.2) is 15.0 Å². The molecule has 0 spiro atoms. The number of nitrogens with one attached hydrogen (secondary N) is 1. The predicted molar refractivity (Wildman–Crippen MR) is 98.5 cm³/mol. The van der Waals surface area contributed by atoms with Crippen LogP contribution in [0.1, 0.15) is 11.3 Å². The molecule has 0 aliphatic rings. The number of pyridine rings is 2.